The van der Waals surface area contributed by atoms with E-state index in [0.717, 1.165) is 37.0 Å². The summed E-state index contributed by atoms with van der Waals surface area (Å²) in [4.78, 5) is 13.6. The van der Waals surface area contributed by atoms with Gasteiger partial charge in [-0.05, 0) is 55.5 Å². The molecule has 1 unspecified atom stereocenters. The molecule has 1 atom stereocenters. The van der Waals surface area contributed by atoms with Crippen LogP contribution < -0.4 is 14.8 Å². The van der Waals surface area contributed by atoms with Crippen molar-refractivity contribution in [1.82, 2.24) is 9.62 Å². The molecule has 2 aromatic rings. The van der Waals surface area contributed by atoms with Crippen LogP contribution in [0.4, 0.5) is 0 Å². The minimum atomic E-state index is -3.75. The molecule has 3 aliphatic heterocycles. The van der Waals surface area contributed by atoms with Gasteiger partial charge >= 0.3 is 0 Å². The monoisotopic (exact) mass is 486 g/mol. The zero-order valence-electron chi connectivity index (χ0n) is 19.1. The van der Waals surface area contributed by atoms with Gasteiger partial charge in [-0.25, -0.2) is 8.42 Å². The minimum Gasteiger partial charge on any atom is -0.454 e. The predicted molar refractivity (Wildman–Crippen MR) is 125 cm³/mol. The fraction of sp³-hybridized carbons (Fsp3) is 0.480. The summed E-state index contributed by atoms with van der Waals surface area (Å²) >= 11 is 0. The SMILES string of the molecule is O=C(NCC1(c2ccc3c(c2)OCO3)CCOCC1)C1CCCCN1S(=O)(=O)c1ccccc1. The van der Waals surface area contributed by atoms with E-state index in [2.05, 4.69) is 5.32 Å². The van der Waals surface area contributed by atoms with E-state index in [1.807, 2.05) is 18.2 Å². The lowest BCUT2D eigenvalue weighted by molar-refractivity contribution is -0.126. The number of benzene rings is 2. The van der Waals surface area contributed by atoms with Crippen LogP contribution in [-0.4, -0.2) is 57.8 Å². The smallest absolute Gasteiger partial charge is 0.243 e. The number of rotatable bonds is 6. The molecule has 0 saturated carbocycles. The van der Waals surface area contributed by atoms with Crippen molar-refractivity contribution >= 4 is 15.9 Å². The standard InChI is InChI=1S/C25H30N2O6S/c28-24(21-8-4-5-13-27(21)34(29,30)20-6-2-1-3-7-20)26-17-25(11-14-31-15-12-25)19-9-10-22-23(16-19)33-18-32-22/h1-3,6-7,9-10,16,21H,4-5,8,11-15,17-18H2,(H,26,28). The summed E-state index contributed by atoms with van der Waals surface area (Å²) in [5.74, 6) is 1.19. The Balaban J connectivity index is 1.35. The van der Waals surface area contributed by atoms with Crippen molar-refractivity contribution in [3.63, 3.8) is 0 Å². The Morgan fingerprint density at radius 3 is 2.59 bits per heavy atom. The number of hydrogen-bond acceptors (Lipinski definition) is 6. The van der Waals surface area contributed by atoms with Crippen molar-refractivity contribution in [1.29, 1.82) is 0 Å². The Hall–Kier alpha value is -2.62. The van der Waals surface area contributed by atoms with Crippen molar-refractivity contribution in [2.24, 2.45) is 0 Å². The molecule has 0 spiro atoms. The van der Waals surface area contributed by atoms with Crippen molar-refractivity contribution < 1.29 is 27.4 Å². The van der Waals surface area contributed by atoms with Gasteiger partial charge in [0.25, 0.3) is 0 Å². The van der Waals surface area contributed by atoms with E-state index < -0.39 is 16.1 Å². The van der Waals surface area contributed by atoms with Crippen LogP contribution in [0.5, 0.6) is 11.5 Å². The van der Waals surface area contributed by atoms with Crippen LogP contribution in [-0.2, 0) is 25.0 Å². The van der Waals surface area contributed by atoms with Crippen LogP contribution in [0.3, 0.4) is 0 Å². The van der Waals surface area contributed by atoms with Crippen molar-refractivity contribution in [3.8, 4) is 11.5 Å². The van der Waals surface area contributed by atoms with Crippen LogP contribution >= 0.6 is 0 Å². The highest BCUT2D eigenvalue weighted by atomic mass is 32.2. The Kier molecular flexibility index (Phi) is 6.50. The van der Waals surface area contributed by atoms with E-state index in [1.165, 1.54) is 4.31 Å². The van der Waals surface area contributed by atoms with Gasteiger partial charge in [0.1, 0.15) is 6.04 Å². The first-order chi connectivity index (χ1) is 16.5. The van der Waals surface area contributed by atoms with E-state index in [1.54, 1.807) is 30.3 Å². The molecule has 8 nitrogen and oxygen atoms in total. The normalized spacial score (nSPS) is 22.3. The second kappa shape index (κ2) is 9.56. The summed E-state index contributed by atoms with van der Waals surface area (Å²) in [5.41, 5.74) is 0.755. The van der Waals surface area contributed by atoms with Crippen LogP contribution in [0.2, 0.25) is 0 Å². The van der Waals surface area contributed by atoms with Gasteiger partial charge in [-0.1, -0.05) is 30.7 Å². The Morgan fingerprint density at radius 2 is 1.79 bits per heavy atom. The summed E-state index contributed by atoms with van der Waals surface area (Å²) in [6.45, 7) is 2.16. The maximum Gasteiger partial charge on any atom is 0.243 e. The molecule has 0 aromatic heterocycles. The number of carbonyl (C=O) groups is 1. The lowest BCUT2D eigenvalue weighted by Gasteiger charge is -2.39. The topological polar surface area (TPSA) is 94.2 Å². The summed E-state index contributed by atoms with van der Waals surface area (Å²) in [7, 11) is -3.75. The lowest BCUT2D eigenvalue weighted by Crippen LogP contribution is -2.54. The quantitative estimate of drug-likeness (QED) is 0.675. The molecule has 2 aromatic carbocycles. The van der Waals surface area contributed by atoms with Gasteiger partial charge in [0.2, 0.25) is 22.7 Å². The largest absolute Gasteiger partial charge is 0.454 e. The molecule has 34 heavy (non-hydrogen) atoms. The highest BCUT2D eigenvalue weighted by molar-refractivity contribution is 7.89. The Labute approximate surface area is 200 Å². The molecule has 1 N–H and O–H groups in total. The predicted octanol–water partition coefficient (Wildman–Crippen LogP) is 2.82. The fourth-order valence-corrected chi connectivity index (χ4v) is 6.79. The molecular formula is C25H30N2O6S. The maximum absolute atomic E-state index is 13.4. The lowest BCUT2D eigenvalue weighted by atomic mass is 9.74. The molecule has 0 bridgehead atoms. The summed E-state index contributed by atoms with van der Waals surface area (Å²) < 4.78 is 44.6. The first kappa shape index (κ1) is 23.1. The molecule has 9 heteroatoms. The molecule has 2 fully saturated rings. The summed E-state index contributed by atoms with van der Waals surface area (Å²) in [5, 5.41) is 3.11. The maximum atomic E-state index is 13.4. The first-order valence-corrected chi connectivity index (χ1v) is 13.3. The number of sulfonamides is 1. The van der Waals surface area contributed by atoms with Crippen molar-refractivity contribution in [2.75, 3.05) is 33.1 Å². The molecule has 3 aliphatic rings. The zero-order chi connectivity index (χ0) is 23.6. The molecule has 182 valence electrons. The Bertz CT molecular complexity index is 1130. The van der Waals surface area contributed by atoms with Crippen LogP contribution in [0, 0.1) is 0 Å². The van der Waals surface area contributed by atoms with Gasteiger partial charge in [0.15, 0.2) is 11.5 Å². The first-order valence-electron chi connectivity index (χ1n) is 11.8. The van der Waals surface area contributed by atoms with Gasteiger partial charge < -0.3 is 19.5 Å². The average molecular weight is 487 g/mol. The summed E-state index contributed by atoms with van der Waals surface area (Å²) in [6, 6.07) is 13.6. The third-order valence-electron chi connectivity index (χ3n) is 7.14. The van der Waals surface area contributed by atoms with Gasteiger partial charge in [-0.2, -0.15) is 4.31 Å². The third-order valence-corrected chi connectivity index (χ3v) is 9.06. The van der Waals surface area contributed by atoms with E-state index in [4.69, 9.17) is 14.2 Å². The number of piperidine rings is 1. The number of carbonyl (C=O) groups excluding carboxylic acids is 1. The van der Waals surface area contributed by atoms with Gasteiger partial charge in [0, 0.05) is 31.7 Å². The zero-order valence-corrected chi connectivity index (χ0v) is 19.9. The van der Waals surface area contributed by atoms with E-state index in [0.29, 0.717) is 38.5 Å². The van der Waals surface area contributed by atoms with E-state index in [-0.39, 0.29) is 23.0 Å². The number of ether oxygens (including phenoxy) is 3. The van der Waals surface area contributed by atoms with Crippen molar-refractivity contribution in [2.45, 2.75) is 48.5 Å². The van der Waals surface area contributed by atoms with Crippen LogP contribution in [0.15, 0.2) is 53.4 Å². The highest BCUT2D eigenvalue weighted by Gasteiger charge is 2.40. The number of amides is 1. The van der Waals surface area contributed by atoms with Crippen molar-refractivity contribution in [3.05, 3.63) is 54.1 Å². The third kappa shape index (κ3) is 4.39. The fourth-order valence-electron chi connectivity index (χ4n) is 5.11. The summed E-state index contributed by atoms with van der Waals surface area (Å²) in [6.07, 6.45) is 3.58. The molecule has 0 aliphatic carbocycles. The molecular weight excluding hydrogens is 456 g/mol. The second-order valence-corrected chi connectivity index (χ2v) is 11.0. The van der Waals surface area contributed by atoms with Gasteiger partial charge in [-0.3, -0.25) is 4.79 Å². The molecule has 1 amide bonds. The molecule has 3 heterocycles. The molecule has 5 rings (SSSR count). The van der Waals surface area contributed by atoms with Gasteiger partial charge in [-0.15, -0.1) is 0 Å². The number of nitrogens with one attached hydrogen (secondary N) is 1. The number of fused-ring (bicyclic) bond motifs is 1. The molecule has 2 saturated heterocycles. The van der Waals surface area contributed by atoms with Crippen LogP contribution in [0.25, 0.3) is 0 Å². The van der Waals surface area contributed by atoms with E-state index in [9.17, 15) is 13.2 Å². The Morgan fingerprint density at radius 1 is 1.03 bits per heavy atom. The van der Waals surface area contributed by atoms with E-state index >= 15 is 0 Å². The number of nitrogens with zero attached hydrogens (tertiary/aromatic N) is 1. The average Bonchev–Trinajstić information content (AvgIpc) is 3.36. The second-order valence-electron chi connectivity index (χ2n) is 9.12. The molecule has 0 radical (unpaired) electrons. The highest BCUT2D eigenvalue weighted by Crippen LogP contribution is 2.40. The van der Waals surface area contributed by atoms with Gasteiger partial charge in [0.05, 0.1) is 4.90 Å². The minimum absolute atomic E-state index is 0.207. The number of hydrogen-bond donors (Lipinski definition) is 1. The van der Waals surface area contributed by atoms with Crippen LogP contribution in [0.1, 0.15) is 37.7 Å².